The van der Waals surface area contributed by atoms with E-state index in [1.54, 1.807) is 12.3 Å². The molecule has 0 saturated carbocycles. The van der Waals surface area contributed by atoms with Crippen LogP contribution in [0.25, 0.3) is 0 Å². The third kappa shape index (κ3) is 4.45. The van der Waals surface area contributed by atoms with Crippen LogP contribution in [0.3, 0.4) is 0 Å². The summed E-state index contributed by atoms with van der Waals surface area (Å²) in [4.78, 5) is 16.4. The molecule has 0 aliphatic carbocycles. The molecule has 0 bridgehead atoms. The molecule has 1 aromatic heterocycles. The number of thioether (sulfide) groups is 1. The van der Waals surface area contributed by atoms with Gasteiger partial charge in [0, 0.05) is 30.8 Å². The minimum absolute atomic E-state index is 0.0271. The topological polar surface area (TPSA) is 51.2 Å². The fraction of sp³-hybridized carbons (Fsp3) is 0.625. The van der Waals surface area contributed by atoms with Gasteiger partial charge in [-0.15, -0.1) is 11.8 Å². The third-order valence-electron chi connectivity index (χ3n) is 3.88. The first-order valence-electron chi connectivity index (χ1n) is 7.51. The van der Waals surface area contributed by atoms with E-state index in [9.17, 15) is 4.79 Å². The van der Waals surface area contributed by atoms with Gasteiger partial charge in [0.1, 0.15) is 0 Å². The molecule has 21 heavy (non-hydrogen) atoms. The molecular weight excluding hydrogens is 284 g/mol. The average molecular weight is 308 g/mol. The number of hydrogen-bond donors (Lipinski definition) is 1. The van der Waals surface area contributed by atoms with Gasteiger partial charge < -0.3 is 10.1 Å². The van der Waals surface area contributed by atoms with Crippen molar-refractivity contribution in [3.05, 3.63) is 23.9 Å². The average Bonchev–Trinajstić information content (AvgIpc) is 2.52. The number of carbonyl (C=O) groups is 1. The molecule has 2 rings (SSSR count). The van der Waals surface area contributed by atoms with Gasteiger partial charge in [-0.2, -0.15) is 0 Å². The van der Waals surface area contributed by atoms with Crippen molar-refractivity contribution in [3.8, 4) is 0 Å². The minimum atomic E-state index is -0.0271. The number of nitrogens with one attached hydrogen (secondary N) is 1. The van der Waals surface area contributed by atoms with E-state index < -0.39 is 0 Å². The van der Waals surface area contributed by atoms with Gasteiger partial charge in [-0.1, -0.05) is 13.8 Å². The van der Waals surface area contributed by atoms with Gasteiger partial charge in [0.2, 0.25) is 0 Å². The van der Waals surface area contributed by atoms with Crippen molar-refractivity contribution >= 4 is 17.7 Å². The second kappa shape index (κ2) is 7.80. The molecule has 2 heterocycles. The van der Waals surface area contributed by atoms with Gasteiger partial charge in [0.05, 0.1) is 11.1 Å². The molecule has 0 radical (unpaired) electrons. The number of pyridine rings is 1. The lowest BCUT2D eigenvalue weighted by atomic mass is 9.87. The van der Waals surface area contributed by atoms with Gasteiger partial charge in [-0.25, -0.2) is 4.98 Å². The summed E-state index contributed by atoms with van der Waals surface area (Å²) in [6.45, 7) is 5.88. The molecule has 1 aliphatic heterocycles. The molecule has 1 aliphatic rings. The number of carbonyl (C=O) groups excluding carboxylic acids is 1. The number of aromatic nitrogens is 1. The second-order valence-corrected chi connectivity index (χ2v) is 6.61. The first-order chi connectivity index (χ1) is 10.1. The Labute approximate surface area is 131 Å². The maximum atomic E-state index is 12.2. The van der Waals surface area contributed by atoms with Crippen molar-refractivity contribution in [1.82, 2.24) is 10.3 Å². The first kappa shape index (κ1) is 16.3. The summed E-state index contributed by atoms with van der Waals surface area (Å²) < 4.78 is 5.86. The van der Waals surface area contributed by atoms with Crippen LogP contribution in [0, 0.1) is 11.8 Å². The zero-order valence-corrected chi connectivity index (χ0v) is 13.8. The zero-order valence-electron chi connectivity index (χ0n) is 13.0. The summed E-state index contributed by atoms with van der Waals surface area (Å²) in [5.74, 6) is 0.863. The number of rotatable bonds is 5. The third-order valence-corrected chi connectivity index (χ3v) is 4.52. The molecule has 0 unspecified atom stereocenters. The molecule has 5 heteroatoms. The van der Waals surface area contributed by atoms with Crippen LogP contribution < -0.4 is 5.32 Å². The number of ether oxygens (including phenoxy) is 1. The molecule has 1 saturated heterocycles. The van der Waals surface area contributed by atoms with Crippen molar-refractivity contribution in [2.45, 2.75) is 37.8 Å². The Bertz CT molecular complexity index is 479. The highest BCUT2D eigenvalue weighted by Crippen LogP contribution is 2.25. The van der Waals surface area contributed by atoms with E-state index in [-0.39, 0.29) is 12.0 Å². The zero-order chi connectivity index (χ0) is 15.2. The normalized spacial score (nSPS) is 22.3. The maximum absolute atomic E-state index is 12.2. The lowest BCUT2D eigenvalue weighted by Crippen LogP contribution is -2.41. The molecule has 1 aromatic rings. The van der Waals surface area contributed by atoms with Crippen molar-refractivity contribution in [1.29, 1.82) is 0 Å². The fourth-order valence-electron chi connectivity index (χ4n) is 2.81. The summed E-state index contributed by atoms with van der Waals surface area (Å²) in [6, 6.07) is 3.59. The number of amides is 1. The van der Waals surface area contributed by atoms with Crippen LogP contribution in [0.1, 0.15) is 37.0 Å². The van der Waals surface area contributed by atoms with Gasteiger partial charge in [0.15, 0.2) is 0 Å². The van der Waals surface area contributed by atoms with Crippen LogP contribution in [0.5, 0.6) is 0 Å². The predicted octanol–water partition coefficient (Wildman–Crippen LogP) is 2.98. The Morgan fingerprint density at radius 2 is 2.38 bits per heavy atom. The molecule has 116 valence electrons. The van der Waals surface area contributed by atoms with Gasteiger partial charge in [0.25, 0.3) is 5.91 Å². The summed E-state index contributed by atoms with van der Waals surface area (Å²) in [7, 11) is 0. The SMILES string of the molecule is CSc1cc(C(=O)NC[C@H]2CCCO[C@H]2C(C)C)ccn1. The molecule has 4 nitrogen and oxygen atoms in total. The molecule has 1 N–H and O–H groups in total. The van der Waals surface area contributed by atoms with Crippen molar-refractivity contribution < 1.29 is 9.53 Å². The Balaban J connectivity index is 1.93. The van der Waals surface area contributed by atoms with Crippen LogP contribution in [0.15, 0.2) is 23.4 Å². The number of nitrogens with zero attached hydrogens (tertiary/aromatic N) is 1. The minimum Gasteiger partial charge on any atom is -0.378 e. The van der Waals surface area contributed by atoms with Gasteiger partial charge in [-0.3, -0.25) is 4.79 Å². The standard InChI is InChI=1S/C16H24N2O2S/c1-11(2)15-13(5-4-8-20-15)10-18-16(19)12-6-7-17-14(9-12)21-3/h6-7,9,11,13,15H,4-5,8,10H2,1-3H3,(H,18,19)/t13-,15+/m1/s1. The Kier molecular flexibility index (Phi) is 6.06. The van der Waals surface area contributed by atoms with Crippen molar-refractivity contribution in [2.24, 2.45) is 11.8 Å². The monoisotopic (exact) mass is 308 g/mol. The molecule has 1 amide bonds. The van der Waals surface area contributed by atoms with E-state index in [1.165, 1.54) is 11.8 Å². The Morgan fingerprint density at radius 3 is 3.10 bits per heavy atom. The van der Waals surface area contributed by atoms with Crippen molar-refractivity contribution in [2.75, 3.05) is 19.4 Å². The lowest BCUT2D eigenvalue weighted by Gasteiger charge is -2.34. The fourth-order valence-corrected chi connectivity index (χ4v) is 3.22. The first-order valence-corrected chi connectivity index (χ1v) is 8.74. The van der Waals surface area contributed by atoms with E-state index in [0.717, 1.165) is 24.5 Å². The van der Waals surface area contributed by atoms with E-state index >= 15 is 0 Å². The van der Waals surface area contributed by atoms with E-state index in [2.05, 4.69) is 24.1 Å². The highest BCUT2D eigenvalue weighted by molar-refractivity contribution is 7.98. The maximum Gasteiger partial charge on any atom is 0.251 e. The van der Waals surface area contributed by atoms with Crippen LogP contribution in [0.2, 0.25) is 0 Å². The summed E-state index contributed by atoms with van der Waals surface area (Å²) >= 11 is 1.54. The lowest BCUT2D eigenvalue weighted by molar-refractivity contribution is -0.0510. The van der Waals surface area contributed by atoms with E-state index in [4.69, 9.17) is 4.74 Å². The molecule has 0 spiro atoms. The molecule has 0 aromatic carbocycles. The molecule has 2 atom stereocenters. The smallest absolute Gasteiger partial charge is 0.251 e. The molecule has 1 fully saturated rings. The van der Waals surface area contributed by atoms with Crippen LogP contribution >= 0.6 is 11.8 Å². The quantitative estimate of drug-likeness (QED) is 0.850. The number of hydrogen-bond acceptors (Lipinski definition) is 4. The summed E-state index contributed by atoms with van der Waals surface area (Å²) in [6.07, 6.45) is 6.08. The van der Waals surface area contributed by atoms with Crippen LogP contribution in [-0.2, 0) is 4.74 Å². The predicted molar refractivity (Wildman–Crippen MR) is 85.7 cm³/mol. The Morgan fingerprint density at radius 1 is 1.57 bits per heavy atom. The molecular formula is C16H24N2O2S. The Hall–Kier alpha value is -1.07. The highest BCUT2D eigenvalue weighted by Gasteiger charge is 2.28. The van der Waals surface area contributed by atoms with E-state index in [0.29, 0.717) is 23.9 Å². The van der Waals surface area contributed by atoms with Crippen LogP contribution in [0.4, 0.5) is 0 Å². The summed E-state index contributed by atoms with van der Waals surface area (Å²) in [5.41, 5.74) is 0.673. The second-order valence-electron chi connectivity index (χ2n) is 5.78. The van der Waals surface area contributed by atoms with Gasteiger partial charge >= 0.3 is 0 Å². The van der Waals surface area contributed by atoms with Gasteiger partial charge in [-0.05, 0) is 37.1 Å². The highest BCUT2D eigenvalue weighted by atomic mass is 32.2. The van der Waals surface area contributed by atoms with E-state index in [1.807, 2.05) is 12.3 Å². The van der Waals surface area contributed by atoms with Crippen LogP contribution in [-0.4, -0.2) is 36.4 Å². The summed E-state index contributed by atoms with van der Waals surface area (Å²) in [5, 5.41) is 3.91. The van der Waals surface area contributed by atoms with Crippen molar-refractivity contribution in [3.63, 3.8) is 0 Å². The largest absolute Gasteiger partial charge is 0.378 e.